The molecule has 2 aromatic rings. The fourth-order valence-electron chi connectivity index (χ4n) is 6.56. The summed E-state index contributed by atoms with van der Waals surface area (Å²) in [5.74, 6) is -0.185. The molecule has 3 aliphatic heterocycles. The first-order chi connectivity index (χ1) is 19.2. The molecule has 12 heteroatoms. The minimum absolute atomic E-state index is 0.0385. The van der Waals surface area contributed by atoms with Gasteiger partial charge in [-0.2, -0.15) is 13.2 Å². The quantitative estimate of drug-likeness (QED) is 0.566. The van der Waals surface area contributed by atoms with Gasteiger partial charge in [0.1, 0.15) is 0 Å². The van der Waals surface area contributed by atoms with Gasteiger partial charge in [0.15, 0.2) is 0 Å². The van der Waals surface area contributed by atoms with E-state index in [0.29, 0.717) is 25.2 Å². The van der Waals surface area contributed by atoms with Gasteiger partial charge >= 0.3 is 6.18 Å². The number of alkyl halides is 3. The molecule has 0 spiro atoms. The van der Waals surface area contributed by atoms with Crippen LogP contribution in [0.5, 0.6) is 0 Å². The summed E-state index contributed by atoms with van der Waals surface area (Å²) in [5, 5.41) is 5.31. The molecule has 0 radical (unpaired) electrons. The van der Waals surface area contributed by atoms with E-state index in [9.17, 15) is 22.8 Å². The van der Waals surface area contributed by atoms with Crippen LogP contribution in [0.3, 0.4) is 0 Å². The maximum absolute atomic E-state index is 13.3. The van der Waals surface area contributed by atoms with Crippen molar-refractivity contribution in [3.8, 4) is 0 Å². The van der Waals surface area contributed by atoms with E-state index in [1.54, 1.807) is 16.2 Å². The molecule has 5 heterocycles. The summed E-state index contributed by atoms with van der Waals surface area (Å²) < 4.78 is 53.5. The number of carbonyl (C=O) groups excluding carboxylic acids is 1. The van der Waals surface area contributed by atoms with E-state index < -0.39 is 17.3 Å². The molecule has 2 aromatic heterocycles. The van der Waals surface area contributed by atoms with Crippen LogP contribution < -0.4 is 10.9 Å². The first kappa shape index (κ1) is 27.9. The average Bonchev–Trinajstić information content (AvgIpc) is 3.56. The zero-order valence-corrected chi connectivity index (χ0v) is 23.1. The number of nitrogens with zero attached hydrogens (tertiary/aromatic N) is 3. The van der Waals surface area contributed by atoms with Gasteiger partial charge in [-0.25, -0.2) is 0 Å². The Hall–Kier alpha value is -2.25. The first-order valence-corrected chi connectivity index (χ1v) is 15.0. The zero-order chi connectivity index (χ0) is 27.9. The Bertz CT molecular complexity index is 1270. The second-order valence-corrected chi connectivity index (χ2v) is 12.2. The number of hydrogen-bond acceptors (Lipinski definition) is 7. The molecule has 40 heavy (non-hydrogen) atoms. The fraction of sp³-hybridized carbons (Fsp3) is 0.643. The number of amides is 1. The molecule has 0 aromatic carbocycles. The van der Waals surface area contributed by atoms with Crippen LogP contribution in [0.1, 0.15) is 53.5 Å². The number of pyridine rings is 1. The molecule has 4 aliphatic rings. The predicted molar refractivity (Wildman–Crippen MR) is 143 cm³/mol. The number of ether oxygens (including phenoxy) is 2. The lowest BCUT2D eigenvalue weighted by atomic mass is 10.1. The van der Waals surface area contributed by atoms with Gasteiger partial charge in [-0.3, -0.25) is 19.4 Å². The number of halogens is 3. The van der Waals surface area contributed by atoms with E-state index in [1.165, 1.54) is 15.0 Å². The molecular formula is C28H35F3N4O4S. The van der Waals surface area contributed by atoms with Gasteiger partial charge in [0.2, 0.25) is 5.91 Å². The highest BCUT2D eigenvalue weighted by atomic mass is 32.1. The van der Waals surface area contributed by atoms with Crippen molar-refractivity contribution < 1.29 is 27.4 Å². The maximum atomic E-state index is 13.3. The Morgan fingerprint density at radius 3 is 2.88 bits per heavy atom. The molecule has 1 amide bonds. The predicted octanol–water partition coefficient (Wildman–Crippen LogP) is 3.19. The summed E-state index contributed by atoms with van der Waals surface area (Å²) in [7, 11) is 0. The Morgan fingerprint density at radius 2 is 2.02 bits per heavy atom. The van der Waals surface area contributed by atoms with Crippen LogP contribution in [-0.2, 0) is 40.0 Å². The number of fused-ring (bicyclic) bond motifs is 2. The smallest absolute Gasteiger partial charge is 0.381 e. The van der Waals surface area contributed by atoms with Crippen molar-refractivity contribution in [3.63, 3.8) is 0 Å². The summed E-state index contributed by atoms with van der Waals surface area (Å²) in [6.45, 7) is 3.76. The highest BCUT2D eigenvalue weighted by Crippen LogP contribution is 2.40. The normalized spacial score (nSPS) is 27.8. The van der Waals surface area contributed by atoms with Crippen molar-refractivity contribution in [2.45, 2.75) is 75.7 Å². The van der Waals surface area contributed by atoms with Crippen LogP contribution in [0.4, 0.5) is 13.2 Å². The minimum Gasteiger partial charge on any atom is -0.381 e. The molecule has 1 aliphatic carbocycles. The Labute approximate surface area is 235 Å². The van der Waals surface area contributed by atoms with Crippen LogP contribution in [0, 0.1) is 0 Å². The van der Waals surface area contributed by atoms with Crippen molar-refractivity contribution in [2.75, 3.05) is 39.4 Å². The average molecular weight is 581 g/mol. The molecule has 8 nitrogen and oxygen atoms in total. The van der Waals surface area contributed by atoms with Gasteiger partial charge < -0.3 is 19.4 Å². The summed E-state index contributed by atoms with van der Waals surface area (Å²) in [4.78, 5) is 31.0. The second-order valence-electron chi connectivity index (χ2n) is 11.3. The van der Waals surface area contributed by atoms with Crippen LogP contribution in [0.25, 0.3) is 0 Å². The van der Waals surface area contributed by atoms with Gasteiger partial charge in [-0.1, -0.05) is 0 Å². The topological polar surface area (TPSA) is 76.0 Å². The molecule has 218 valence electrons. The highest BCUT2D eigenvalue weighted by Gasteiger charge is 2.41. The van der Waals surface area contributed by atoms with E-state index in [0.717, 1.165) is 57.9 Å². The van der Waals surface area contributed by atoms with Crippen LogP contribution >= 0.6 is 11.3 Å². The van der Waals surface area contributed by atoms with Gasteiger partial charge in [-0.05, 0) is 55.2 Å². The number of nitrogens with one attached hydrogen (secondary N) is 1. The molecule has 4 atom stereocenters. The molecule has 0 bridgehead atoms. The van der Waals surface area contributed by atoms with E-state index in [-0.39, 0.29) is 49.5 Å². The van der Waals surface area contributed by atoms with Crippen molar-refractivity contribution in [3.05, 3.63) is 55.6 Å². The van der Waals surface area contributed by atoms with Gasteiger partial charge in [0.25, 0.3) is 5.56 Å². The summed E-state index contributed by atoms with van der Waals surface area (Å²) in [6.07, 6.45) is 0.273. The lowest BCUT2D eigenvalue weighted by Gasteiger charge is -2.30. The lowest BCUT2D eigenvalue weighted by Crippen LogP contribution is -2.49. The number of hydrogen-bond donors (Lipinski definition) is 1. The highest BCUT2D eigenvalue weighted by molar-refractivity contribution is 7.10. The number of aromatic nitrogens is 1. The molecular weight excluding hydrogens is 545 g/mol. The van der Waals surface area contributed by atoms with E-state index in [2.05, 4.69) is 21.7 Å². The van der Waals surface area contributed by atoms with E-state index >= 15 is 0 Å². The summed E-state index contributed by atoms with van der Waals surface area (Å²) in [5.41, 5.74) is 0.00992. The third-order valence-electron chi connectivity index (χ3n) is 8.60. The van der Waals surface area contributed by atoms with Crippen molar-refractivity contribution in [1.82, 2.24) is 19.7 Å². The zero-order valence-electron chi connectivity index (χ0n) is 22.3. The van der Waals surface area contributed by atoms with Crippen LogP contribution in [-0.4, -0.2) is 77.9 Å². The number of aryl methyl sites for hydroxylation is 1. The van der Waals surface area contributed by atoms with Gasteiger partial charge in [-0.15, -0.1) is 11.3 Å². The van der Waals surface area contributed by atoms with Gasteiger partial charge in [0.05, 0.1) is 30.4 Å². The summed E-state index contributed by atoms with van der Waals surface area (Å²) >= 11 is 1.73. The lowest BCUT2D eigenvalue weighted by molar-refractivity contribution is -0.138. The fourth-order valence-corrected chi connectivity index (χ4v) is 7.59. The largest absolute Gasteiger partial charge is 0.416 e. The monoisotopic (exact) mass is 580 g/mol. The first-order valence-electron chi connectivity index (χ1n) is 14.1. The molecule has 2 saturated heterocycles. The number of rotatable bonds is 6. The molecule has 3 unspecified atom stereocenters. The molecule has 1 N–H and O–H groups in total. The molecule has 0 saturated carbocycles. The van der Waals surface area contributed by atoms with Crippen molar-refractivity contribution in [2.24, 2.45) is 0 Å². The number of thiophene rings is 1. The van der Waals surface area contributed by atoms with Crippen molar-refractivity contribution >= 4 is 17.2 Å². The van der Waals surface area contributed by atoms with Crippen LogP contribution in [0.2, 0.25) is 0 Å². The Balaban J connectivity index is 1.12. The summed E-state index contributed by atoms with van der Waals surface area (Å²) in [6, 6.07) is 4.02. The molecule has 6 rings (SSSR count). The minimum atomic E-state index is -4.59. The van der Waals surface area contributed by atoms with E-state index in [4.69, 9.17) is 9.47 Å². The number of likely N-dealkylation sites (tertiary alicyclic amines) is 1. The second kappa shape index (κ2) is 11.6. The number of carbonyl (C=O) groups is 1. The Kier molecular flexibility index (Phi) is 8.06. The molecule has 2 fully saturated rings. The standard InChI is InChI=1S/C28H35F3N4O4S/c29-28(30,31)19-12-21-14-33(7-8-35(21)26(37)13-19)17-25(36)32-22-15-34(20-2-1-9-38-10-5-20)16-24(22)39-23-4-3-18-6-11-40-27(18)23/h6,11-13,20,22-24H,1-5,7-10,14-17H2,(H,32,36)/t20?,22?,23?,24-/m0/s1. The maximum Gasteiger partial charge on any atom is 0.416 e. The Morgan fingerprint density at radius 1 is 1.15 bits per heavy atom. The third kappa shape index (κ3) is 6.01. The van der Waals surface area contributed by atoms with Gasteiger partial charge in [0, 0.05) is 68.6 Å². The van der Waals surface area contributed by atoms with E-state index in [1.807, 2.05) is 0 Å². The van der Waals surface area contributed by atoms with Crippen LogP contribution in [0.15, 0.2) is 28.4 Å². The van der Waals surface area contributed by atoms with Crippen molar-refractivity contribution in [1.29, 1.82) is 0 Å². The SMILES string of the molecule is O=C(CN1CCn2c(cc(C(F)(F)F)cc2=O)C1)NC1CN(C2CCCOCC2)C[C@@H]1OC1CCc2ccsc21. The third-order valence-corrected chi connectivity index (χ3v) is 9.65.